The third kappa shape index (κ3) is 24.6. The number of hydrogen-bond acceptors (Lipinski definition) is 11. The number of carbonyl (C=O) groups excluding carboxylic acids is 1. The van der Waals surface area contributed by atoms with Crippen molar-refractivity contribution >= 4 is 11.8 Å². The quantitative estimate of drug-likeness (QED) is 0.135. The zero-order valence-corrected chi connectivity index (χ0v) is 23.8. The Kier molecular flexibility index (Phi) is 21.1. The van der Waals surface area contributed by atoms with Crippen molar-refractivity contribution in [3.8, 4) is 5.75 Å². The molecule has 0 heterocycles. The van der Waals surface area contributed by atoms with Crippen LogP contribution >= 0.6 is 0 Å². The summed E-state index contributed by atoms with van der Waals surface area (Å²) in [5.74, 6) is 0.769. The Labute approximate surface area is 232 Å². The molecular weight excluding hydrogens is 512 g/mol. The molecule has 1 aromatic rings. The highest BCUT2D eigenvalue weighted by Gasteiger charge is 2.15. The summed E-state index contributed by atoms with van der Waals surface area (Å²) in [6.45, 7) is 13.0. The van der Waals surface area contributed by atoms with Crippen molar-refractivity contribution in [1.82, 2.24) is 5.32 Å². The summed E-state index contributed by atoms with van der Waals surface area (Å²) >= 11 is 0. The van der Waals surface area contributed by atoms with Crippen molar-refractivity contribution in [2.45, 2.75) is 26.4 Å². The number of anilines is 1. The summed E-state index contributed by atoms with van der Waals surface area (Å²) in [5, 5.41) is 2.63. The van der Waals surface area contributed by atoms with E-state index in [-0.39, 0.29) is 0 Å². The largest absolute Gasteiger partial charge is 0.491 e. The van der Waals surface area contributed by atoms with Crippen molar-refractivity contribution in [1.29, 1.82) is 0 Å². The van der Waals surface area contributed by atoms with Gasteiger partial charge in [0, 0.05) is 12.2 Å². The van der Waals surface area contributed by atoms with Crippen LogP contribution in [-0.4, -0.2) is 117 Å². The zero-order valence-electron chi connectivity index (χ0n) is 23.8. The van der Waals surface area contributed by atoms with E-state index in [2.05, 4.69) is 5.32 Å². The predicted octanol–water partition coefficient (Wildman–Crippen LogP) is 2.29. The maximum atomic E-state index is 11.5. The van der Waals surface area contributed by atoms with Gasteiger partial charge in [0.15, 0.2) is 0 Å². The molecule has 0 unspecified atom stereocenters. The molecule has 39 heavy (non-hydrogen) atoms. The molecule has 0 aliphatic rings. The van der Waals surface area contributed by atoms with E-state index in [1.54, 1.807) is 12.1 Å². The molecule has 12 nitrogen and oxygen atoms in total. The lowest BCUT2D eigenvalue weighted by molar-refractivity contribution is -0.0211. The average molecular weight is 561 g/mol. The molecule has 0 bridgehead atoms. The van der Waals surface area contributed by atoms with Crippen LogP contribution in [0.2, 0.25) is 0 Å². The van der Waals surface area contributed by atoms with Gasteiger partial charge in [-0.05, 0) is 45.0 Å². The van der Waals surface area contributed by atoms with Gasteiger partial charge in [0.25, 0.3) is 0 Å². The highest BCUT2D eigenvalue weighted by molar-refractivity contribution is 5.67. The molecule has 0 atom stereocenters. The van der Waals surface area contributed by atoms with Gasteiger partial charge in [-0.2, -0.15) is 0 Å². The lowest BCUT2D eigenvalue weighted by Crippen LogP contribution is -2.34. The summed E-state index contributed by atoms with van der Waals surface area (Å²) in [6.07, 6.45) is -0.451. The topological polar surface area (TPSA) is 138 Å². The second-order valence-corrected chi connectivity index (χ2v) is 9.13. The van der Waals surface area contributed by atoms with E-state index in [0.717, 1.165) is 5.75 Å². The van der Waals surface area contributed by atoms with Gasteiger partial charge in [-0.25, -0.2) is 4.79 Å². The SMILES string of the molecule is CC(C)(C)OC(=O)NCCOCCOCCOCCOCCOCCOCCOCCOc1ccc(N)cc1. The van der Waals surface area contributed by atoms with Gasteiger partial charge < -0.3 is 53.7 Å². The first kappa shape index (κ1) is 34.8. The van der Waals surface area contributed by atoms with Crippen molar-refractivity contribution in [3.05, 3.63) is 24.3 Å². The number of rotatable bonds is 25. The number of nitrogens with two attached hydrogens (primary N) is 1. The van der Waals surface area contributed by atoms with E-state index in [4.69, 9.17) is 48.4 Å². The van der Waals surface area contributed by atoms with Crippen molar-refractivity contribution in [3.63, 3.8) is 0 Å². The molecule has 1 amide bonds. The number of hydrogen-bond donors (Lipinski definition) is 2. The number of alkyl carbamates (subject to hydrolysis) is 1. The standard InChI is InChI=1S/C27H48N2O10/c1-27(2,3)39-26(30)29-8-9-31-10-11-32-12-13-33-14-15-34-16-17-35-18-19-36-20-21-37-22-23-38-25-6-4-24(28)5-7-25/h4-7H,8-23,28H2,1-3H3,(H,29,30). The Morgan fingerprint density at radius 3 is 1.36 bits per heavy atom. The first-order valence-electron chi connectivity index (χ1n) is 13.4. The van der Waals surface area contributed by atoms with Gasteiger partial charge in [-0.1, -0.05) is 0 Å². The fourth-order valence-corrected chi connectivity index (χ4v) is 2.74. The Morgan fingerprint density at radius 1 is 0.615 bits per heavy atom. The predicted molar refractivity (Wildman–Crippen MR) is 146 cm³/mol. The molecule has 0 aliphatic carbocycles. The van der Waals surface area contributed by atoms with Gasteiger partial charge in [0.05, 0.1) is 92.5 Å². The van der Waals surface area contributed by atoms with Crippen molar-refractivity contribution < 1.29 is 47.4 Å². The number of amides is 1. The minimum atomic E-state index is -0.508. The summed E-state index contributed by atoms with van der Waals surface area (Å²) in [6, 6.07) is 7.25. The van der Waals surface area contributed by atoms with Crippen LogP contribution in [0.4, 0.5) is 10.5 Å². The molecule has 1 aromatic carbocycles. The normalized spacial score (nSPS) is 11.5. The van der Waals surface area contributed by atoms with E-state index in [1.807, 2.05) is 32.9 Å². The second-order valence-electron chi connectivity index (χ2n) is 9.13. The number of benzene rings is 1. The minimum Gasteiger partial charge on any atom is -0.491 e. The number of nitrogens with one attached hydrogen (secondary N) is 1. The molecular formula is C27H48N2O10. The summed E-state index contributed by atoms with van der Waals surface area (Å²) in [5.41, 5.74) is 5.83. The molecule has 0 spiro atoms. The smallest absolute Gasteiger partial charge is 0.407 e. The Bertz CT molecular complexity index is 701. The van der Waals surface area contributed by atoms with Gasteiger partial charge >= 0.3 is 6.09 Å². The Balaban J connectivity index is 1.68. The molecule has 0 saturated heterocycles. The van der Waals surface area contributed by atoms with Crippen LogP contribution in [-0.2, 0) is 37.9 Å². The summed E-state index contributed by atoms with van der Waals surface area (Å²) in [7, 11) is 0. The summed E-state index contributed by atoms with van der Waals surface area (Å²) < 4.78 is 48.7. The van der Waals surface area contributed by atoms with Crippen LogP contribution in [0.25, 0.3) is 0 Å². The maximum absolute atomic E-state index is 11.5. The van der Waals surface area contributed by atoms with Crippen LogP contribution < -0.4 is 15.8 Å². The van der Waals surface area contributed by atoms with Gasteiger partial charge in [0.2, 0.25) is 0 Å². The van der Waals surface area contributed by atoms with E-state index >= 15 is 0 Å². The zero-order chi connectivity index (χ0) is 28.4. The highest BCUT2D eigenvalue weighted by atomic mass is 16.6. The molecule has 226 valence electrons. The number of carbonyl (C=O) groups is 1. The fourth-order valence-electron chi connectivity index (χ4n) is 2.74. The molecule has 12 heteroatoms. The van der Waals surface area contributed by atoms with Gasteiger partial charge in [-0.3, -0.25) is 0 Å². The minimum absolute atomic E-state index is 0.385. The first-order chi connectivity index (χ1) is 18.9. The van der Waals surface area contributed by atoms with E-state index in [1.165, 1.54) is 0 Å². The van der Waals surface area contributed by atoms with E-state index in [0.29, 0.717) is 111 Å². The van der Waals surface area contributed by atoms with Crippen molar-refractivity contribution in [2.24, 2.45) is 0 Å². The second kappa shape index (κ2) is 23.7. The number of nitrogen functional groups attached to an aromatic ring is 1. The average Bonchev–Trinajstić information content (AvgIpc) is 2.88. The van der Waals surface area contributed by atoms with Crippen LogP contribution in [0.1, 0.15) is 20.8 Å². The van der Waals surface area contributed by atoms with Gasteiger partial charge in [0.1, 0.15) is 18.0 Å². The maximum Gasteiger partial charge on any atom is 0.407 e. The lowest BCUT2D eigenvalue weighted by atomic mass is 10.2. The Morgan fingerprint density at radius 2 is 0.974 bits per heavy atom. The molecule has 0 aromatic heterocycles. The van der Waals surface area contributed by atoms with Crippen LogP contribution in [0, 0.1) is 0 Å². The number of ether oxygens (including phenoxy) is 9. The monoisotopic (exact) mass is 560 g/mol. The van der Waals surface area contributed by atoms with Gasteiger partial charge in [-0.15, -0.1) is 0 Å². The third-order valence-corrected chi connectivity index (χ3v) is 4.52. The molecule has 0 fully saturated rings. The van der Waals surface area contributed by atoms with E-state index < -0.39 is 11.7 Å². The fraction of sp³-hybridized carbons (Fsp3) is 0.741. The van der Waals surface area contributed by atoms with Crippen LogP contribution in [0.15, 0.2) is 24.3 Å². The van der Waals surface area contributed by atoms with Crippen LogP contribution in [0.3, 0.4) is 0 Å². The first-order valence-corrected chi connectivity index (χ1v) is 13.4. The van der Waals surface area contributed by atoms with Crippen LogP contribution in [0.5, 0.6) is 5.75 Å². The highest BCUT2D eigenvalue weighted by Crippen LogP contribution is 2.12. The lowest BCUT2D eigenvalue weighted by Gasteiger charge is -2.19. The van der Waals surface area contributed by atoms with E-state index in [9.17, 15) is 4.79 Å². The molecule has 3 N–H and O–H groups in total. The Hall–Kier alpha value is -2.19. The molecule has 0 radical (unpaired) electrons. The molecule has 1 rings (SSSR count). The van der Waals surface area contributed by atoms with Crippen molar-refractivity contribution in [2.75, 3.05) is 111 Å². The summed E-state index contributed by atoms with van der Waals surface area (Å²) in [4.78, 5) is 11.5. The molecule has 0 aliphatic heterocycles. The third-order valence-electron chi connectivity index (χ3n) is 4.52. The molecule has 0 saturated carbocycles.